The zero-order valence-corrected chi connectivity index (χ0v) is 11.6. The summed E-state index contributed by atoms with van der Waals surface area (Å²) in [5, 5.41) is 3.24. The van der Waals surface area contributed by atoms with Gasteiger partial charge in [-0.1, -0.05) is 19.8 Å². The van der Waals surface area contributed by atoms with E-state index < -0.39 is 0 Å². The minimum Gasteiger partial charge on any atom is -0.331 e. The standard InChI is InChI=1S/C14H27N3O/c1-12-6-5-7-14(10-12,11-15)16-13(18)17-8-3-2-4-9-17/h12H,2-11,15H2,1H3,(H,16,18). The fourth-order valence-electron chi connectivity index (χ4n) is 3.41. The fourth-order valence-corrected chi connectivity index (χ4v) is 3.41. The van der Waals surface area contributed by atoms with Gasteiger partial charge in [0.15, 0.2) is 0 Å². The van der Waals surface area contributed by atoms with Crippen LogP contribution in [-0.2, 0) is 0 Å². The van der Waals surface area contributed by atoms with Crippen molar-refractivity contribution in [3.05, 3.63) is 0 Å². The molecule has 0 aromatic rings. The monoisotopic (exact) mass is 253 g/mol. The van der Waals surface area contributed by atoms with E-state index in [1.165, 1.54) is 19.3 Å². The lowest BCUT2D eigenvalue weighted by atomic mass is 9.76. The number of piperidine rings is 1. The van der Waals surface area contributed by atoms with Gasteiger partial charge in [-0.15, -0.1) is 0 Å². The van der Waals surface area contributed by atoms with E-state index in [1.807, 2.05) is 4.90 Å². The van der Waals surface area contributed by atoms with E-state index in [-0.39, 0.29) is 11.6 Å². The third kappa shape index (κ3) is 3.16. The van der Waals surface area contributed by atoms with Gasteiger partial charge in [0, 0.05) is 19.6 Å². The van der Waals surface area contributed by atoms with Crippen molar-refractivity contribution in [2.45, 2.75) is 57.4 Å². The van der Waals surface area contributed by atoms with Crippen molar-refractivity contribution >= 4 is 6.03 Å². The van der Waals surface area contributed by atoms with Gasteiger partial charge in [-0.2, -0.15) is 0 Å². The van der Waals surface area contributed by atoms with Gasteiger partial charge in [0.05, 0.1) is 5.54 Å². The van der Waals surface area contributed by atoms with Crippen LogP contribution in [0.1, 0.15) is 51.9 Å². The van der Waals surface area contributed by atoms with Crippen molar-refractivity contribution in [1.82, 2.24) is 10.2 Å². The average molecular weight is 253 g/mol. The number of rotatable bonds is 2. The molecule has 2 unspecified atom stereocenters. The maximum absolute atomic E-state index is 12.3. The Morgan fingerprint density at radius 2 is 2.06 bits per heavy atom. The second-order valence-corrected chi connectivity index (χ2v) is 6.16. The second-order valence-electron chi connectivity index (χ2n) is 6.16. The summed E-state index contributed by atoms with van der Waals surface area (Å²) < 4.78 is 0. The number of amides is 2. The number of carbonyl (C=O) groups is 1. The summed E-state index contributed by atoms with van der Waals surface area (Å²) in [6.07, 6.45) is 8.04. The predicted molar refractivity (Wildman–Crippen MR) is 73.4 cm³/mol. The highest BCUT2D eigenvalue weighted by molar-refractivity contribution is 5.75. The summed E-state index contributed by atoms with van der Waals surface area (Å²) in [6, 6.07) is 0.106. The molecule has 0 radical (unpaired) electrons. The van der Waals surface area contributed by atoms with E-state index in [1.54, 1.807) is 0 Å². The molecule has 0 aromatic carbocycles. The number of nitrogens with one attached hydrogen (secondary N) is 1. The van der Waals surface area contributed by atoms with Crippen LogP contribution >= 0.6 is 0 Å². The fraction of sp³-hybridized carbons (Fsp3) is 0.929. The third-order valence-electron chi connectivity index (χ3n) is 4.50. The van der Waals surface area contributed by atoms with Gasteiger partial charge in [-0.25, -0.2) is 4.79 Å². The predicted octanol–water partition coefficient (Wildman–Crippen LogP) is 2.09. The molecule has 1 aliphatic carbocycles. The van der Waals surface area contributed by atoms with E-state index in [0.717, 1.165) is 38.8 Å². The Kier molecular flexibility index (Phi) is 4.49. The van der Waals surface area contributed by atoms with Crippen molar-refractivity contribution in [2.24, 2.45) is 11.7 Å². The molecule has 4 heteroatoms. The number of nitrogens with two attached hydrogens (primary N) is 1. The van der Waals surface area contributed by atoms with Crippen molar-refractivity contribution in [3.8, 4) is 0 Å². The molecule has 0 bridgehead atoms. The zero-order valence-electron chi connectivity index (χ0n) is 11.6. The minimum absolute atomic E-state index is 0.106. The van der Waals surface area contributed by atoms with Crippen LogP contribution in [0.2, 0.25) is 0 Å². The molecule has 1 saturated carbocycles. The molecule has 1 heterocycles. The quantitative estimate of drug-likeness (QED) is 0.791. The Bertz CT molecular complexity index is 289. The van der Waals surface area contributed by atoms with Crippen molar-refractivity contribution in [2.75, 3.05) is 19.6 Å². The number of urea groups is 1. The first-order chi connectivity index (χ1) is 8.65. The van der Waals surface area contributed by atoms with Crippen LogP contribution in [0.15, 0.2) is 0 Å². The minimum atomic E-state index is -0.147. The van der Waals surface area contributed by atoms with Crippen LogP contribution in [0.5, 0.6) is 0 Å². The first kappa shape index (κ1) is 13.7. The van der Waals surface area contributed by atoms with Gasteiger partial charge in [0.1, 0.15) is 0 Å². The molecule has 3 N–H and O–H groups in total. The van der Waals surface area contributed by atoms with Gasteiger partial charge >= 0.3 is 6.03 Å². The lowest BCUT2D eigenvalue weighted by molar-refractivity contribution is 0.150. The number of likely N-dealkylation sites (tertiary alicyclic amines) is 1. The molecule has 1 saturated heterocycles. The maximum Gasteiger partial charge on any atom is 0.317 e. The van der Waals surface area contributed by atoms with Crippen molar-refractivity contribution in [3.63, 3.8) is 0 Å². The Hall–Kier alpha value is -0.770. The molecule has 4 nitrogen and oxygen atoms in total. The van der Waals surface area contributed by atoms with Crippen LogP contribution < -0.4 is 11.1 Å². The average Bonchev–Trinajstić information content (AvgIpc) is 2.39. The number of carbonyl (C=O) groups excluding carboxylic acids is 1. The molecule has 2 atom stereocenters. The Morgan fingerprint density at radius 1 is 1.33 bits per heavy atom. The lowest BCUT2D eigenvalue weighted by Gasteiger charge is -2.41. The van der Waals surface area contributed by atoms with Crippen molar-refractivity contribution < 1.29 is 4.79 Å². The van der Waals surface area contributed by atoms with E-state index in [0.29, 0.717) is 12.5 Å². The van der Waals surface area contributed by atoms with Gasteiger partial charge in [-0.3, -0.25) is 0 Å². The van der Waals surface area contributed by atoms with Gasteiger partial charge < -0.3 is 16.0 Å². The van der Waals surface area contributed by atoms with Crippen LogP contribution in [-0.4, -0.2) is 36.1 Å². The van der Waals surface area contributed by atoms with Crippen LogP contribution in [0.3, 0.4) is 0 Å². The van der Waals surface area contributed by atoms with Gasteiger partial charge in [-0.05, 0) is 38.0 Å². The molecule has 2 fully saturated rings. The Labute approximate surface area is 110 Å². The smallest absolute Gasteiger partial charge is 0.317 e. The molecule has 2 rings (SSSR count). The summed E-state index contributed by atoms with van der Waals surface area (Å²) >= 11 is 0. The largest absolute Gasteiger partial charge is 0.331 e. The summed E-state index contributed by atoms with van der Waals surface area (Å²) in [6.45, 7) is 4.64. The molecule has 104 valence electrons. The number of nitrogens with zero attached hydrogens (tertiary/aromatic N) is 1. The van der Waals surface area contributed by atoms with E-state index >= 15 is 0 Å². The van der Waals surface area contributed by atoms with Crippen LogP contribution in [0, 0.1) is 5.92 Å². The van der Waals surface area contributed by atoms with Crippen LogP contribution in [0.4, 0.5) is 4.79 Å². The summed E-state index contributed by atoms with van der Waals surface area (Å²) in [5.74, 6) is 0.670. The van der Waals surface area contributed by atoms with Gasteiger partial charge in [0.2, 0.25) is 0 Å². The summed E-state index contributed by atoms with van der Waals surface area (Å²) in [5.41, 5.74) is 5.80. The maximum atomic E-state index is 12.3. The Balaban J connectivity index is 1.94. The molecule has 2 amide bonds. The highest BCUT2D eigenvalue weighted by atomic mass is 16.2. The molecule has 1 aliphatic heterocycles. The molecule has 2 aliphatic rings. The molecular formula is C14H27N3O. The number of hydrogen-bond acceptors (Lipinski definition) is 2. The normalized spacial score (nSPS) is 33.2. The van der Waals surface area contributed by atoms with Crippen LogP contribution in [0.25, 0.3) is 0 Å². The third-order valence-corrected chi connectivity index (χ3v) is 4.50. The zero-order chi connectivity index (χ0) is 13.0. The van der Waals surface area contributed by atoms with E-state index in [2.05, 4.69) is 12.2 Å². The SMILES string of the molecule is CC1CCCC(CN)(NC(=O)N2CCCCC2)C1. The first-order valence-electron chi connectivity index (χ1n) is 7.42. The van der Waals surface area contributed by atoms with Gasteiger partial charge in [0.25, 0.3) is 0 Å². The lowest BCUT2D eigenvalue weighted by Crippen LogP contribution is -2.59. The van der Waals surface area contributed by atoms with Crippen molar-refractivity contribution in [1.29, 1.82) is 0 Å². The highest BCUT2D eigenvalue weighted by Crippen LogP contribution is 2.31. The second kappa shape index (κ2) is 5.91. The molecular weight excluding hydrogens is 226 g/mol. The first-order valence-corrected chi connectivity index (χ1v) is 7.42. The Morgan fingerprint density at radius 3 is 2.67 bits per heavy atom. The molecule has 18 heavy (non-hydrogen) atoms. The van der Waals surface area contributed by atoms with E-state index in [4.69, 9.17) is 5.73 Å². The molecule has 0 spiro atoms. The molecule has 0 aromatic heterocycles. The highest BCUT2D eigenvalue weighted by Gasteiger charge is 2.36. The van der Waals surface area contributed by atoms with E-state index in [9.17, 15) is 4.79 Å². The summed E-state index contributed by atoms with van der Waals surface area (Å²) in [4.78, 5) is 14.3. The number of hydrogen-bond donors (Lipinski definition) is 2. The topological polar surface area (TPSA) is 58.4 Å². The summed E-state index contributed by atoms with van der Waals surface area (Å²) in [7, 11) is 0.